The molecule has 0 saturated carbocycles. The Labute approximate surface area is 205 Å². The molecule has 8 heteroatoms. The van der Waals surface area contributed by atoms with Crippen LogP contribution in [0, 0.1) is 0 Å². The number of hydrogen-bond donors (Lipinski definition) is 2. The van der Waals surface area contributed by atoms with Gasteiger partial charge < -0.3 is 20.1 Å². The third kappa shape index (κ3) is 5.44. The molecule has 1 aromatic carbocycles. The van der Waals surface area contributed by atoms with Crippen LogP contribution in [0.1, 0.15) is 31.1 Å². The van der Waals surface area contributed by atoms with E-state index in [1.807, 2.05) is 64.9 Å². The average molecular weight is 473 g/mol. The summed E-state index contributed by atoms with van der Waals surface area (Å²) in [4.78, 5) is 36.1. The number of nitrogens with zero attached hydrogens (tertiary/aromatic N) is 4. The maximum absolute atomic E-state index is 13.0. The number of aromatic amines is 1. The van der Waals surface area contributed by atoms with Crippen molar-refractivity contribution in [2.45, 2.75) is 20.8 Å². The standard InChI is InChI=1S/C27H32N6O2/c1-4-31(5-2)17-18-32(6-3)27(35)20-7-9-22(10-8-20)30-23-11-12-24(33-16-15-29-26(23)33)21-13-14-28-25(34)19-21/h7-16,19,30H,4-6,17-18H2,1-3H3,(H,28,34). The van der Waals surface area contributed by atoms with E-state index in [9.17, 15) is 9.59 Å². The molecule has 0 spiro atoms. The summed E-state index contributed by atoms with van der Waals surface area (Å²) in [5, 5.41) is 3.40. The molecule has 4 rings (SSSR count). The number of anilines is 2. The smallest absolute Gasteiger partial charge is 0.253 e. The first-order valence-electron chi connectivity index (χ1n) is 12.1. The van der Waals surface area contributed by atoms with E-state index in [1.165, 1.54) is 0 Å². The molecule has 0 unspecified atom stereocenters. The second-order valence-corrected chi connectivity index (χ2v) is 8.31. The zero-order valence-electron chi connectivity index (χ0n) is 20.5. The number of carbonyl (C=O) groups is 1. The molecule has 3 heterocycles. The molecule has 2 N–H and O–H groups in total. The van der Waals surface area contributed by atoms with E-state index in [2.05, 4.69) is 34.0 Å². The molecule has 3 aromatic heterocycles. The van der Waals surface area contributed by atoms with Crippen molar-refractivity contribution < 1.29 is 4.79 Å². The highest BCUT2D eigenvalue weighted by Crippen LogP contribution is 2.27. The van der Waals surface area contributed by atoms with Gasteiger partial charge in [-0.05, 0) is 62.5 Å². The Kier molecular flexibility index (Phi) is 7.62. The Morgan fingerprint density at radius 2 is 1.77 bits per heavy atom. The van der Waals surface area contributed by atoms with Crippen molar-refractivity contribution >= 4 is 22.9 Å². The first-order valence-corrected chi connectivity index (χ1v) is 12.1. The van der Waals surface area contributed by atoms with E-state index < -0.39 is 0 Å². The molecule has 8 nitrogen and oxygen atoms in total. The van der Waals surface area contributed by atoms with Gasteiger partial charge in [-0.15, -0.1) is 0 Å². The molecule has 0 radical (unpaired) electrons. The second-order valence-electron chi connectivity index (χ2n) is 8.31. The maximum atomic E-state index is 13.0. The number of aromatic nitrogens is 3. The lowest BCUT2D eigenvalue weighted by Gasteiger charge is -2.25. The van der Waals surface area contributed by atoms with E-state index in [1.54, 1.807) is 18.5 Å². The van der Waals surface area contributed by atoms with Gasteiger partial charge in [-0.3, -0.25) is 14.0 Å². The fraction of sp³-hybridized carbons (Fsp3) is 0.296. The third-order valence-electron chi connectivity index (χ3n) is 6.28. The van der Waals surface area contributed by atoms with Crippen LogP contribution in [0.4, 0.5) is 11.4 Å². The van der Waals surface area contributed by atoms with E-state index in [4.69, 9.17) is 0 Å². The Balaban J connectivity index is 1.50. The summed E-state index contributed by atoms with van der Waals surface area (Å²) in [7, 11) is 0. The van der Waals surface area contributed by atoms with Crippen LogP contribution in [0.25, 0.3) is 16.9 Å². The van der Waals surface area contributed by atoms with Crippen LogP contribution >= 0.6 is 0 Å². The molecule has 4 aromatic rings. The van der Waals surface area contributed by atoms with Crippen molar-refractivity contribution in [3.8, 4) is 11.3 Å². The zero-order chi connectivity index (χ0) is 24.8. The SMILES string of the molecule is CCN(CC)CCN(CC)C(=O)c1ccc(Nc2ccc(-c3cc[nH]c(=O)c3)n3ccnc23)cc1. The van der Waals surface area contributed by atoms with Crippen molar-refractivity contribution in [3.63, 3.8) is 0 Å². The van der Waals surface area contributed by atoms with Gasteiger partial charge in [0.25, 0.3) is 5.91 Å². The predicted octanol–water partition coefficient (Wildman–Crippen LogP) is 4.24. The van der Waals surface area contributed by atoms with Gasteiger partial charge in [0.2, 0.25) is 5.56 Å². The van der Waals surface area contributed by atoms with Crippen LogP contribution in [0.2, 0.25) is 0 Å². The minimum Gasteiger partial charge on any atom is -0.352 e. The van der Waals surface area contributed by atoms with Gasteiger partial charge >= 0.3 is 0 Å². The van der Waals surface area contributed by atoms with E-state index in [0.29, 0.717) is 18.7 Å². The molecule has 0 aliphatic carbocycles. The number of amides is 1. The second kappa shape index (κ2) is 11.0. The Hall–Kier alpha value is -3.91. The quantitative estimate of drug-likeness (QED) is 0.361. The fourth-order valence-electron chi connectivity index (χ4n) is 4.19. The molecule has 35 heavy (non-hydrogen) atoms. The van der Waals surface area contributed by atoms with Gasteiger partial charge in [-0.25, -0.2) is 4.98 Å². The molecular weight excluding hydrogens is 440 g/mol. The number of fused-ring (bicyclic) bond motifs is 1. The summed E-state index contributed by atoms with van der Waals surface area (Å²) in [6.07, 6.45) is 5.24. The highest BCUT2D eigenvalue weighted by molar-refractivity contribution is 5.94. The number of nitrogens with one attached hydrogen (secondary N) is 2. The average Bonchev–Trinajstić information content (AvgIpc) is 3.38. The van der Waals surface area contributed by atoms with Gasteiger partial charge in [0.05, 0.1) is 11.4 Å². The molecular formula is C27H32N6O2. The number of pyridine rings is 2. The normalized spacial score (nSPS) is 11.2. The maximum Gasteiger partial charge on any atom is 0.253 e. The van der Waals surface area contributed by atoms with Crippen LogP contribution < -0.4 is 10.9 Å². The largest absolute Gasteiger partial charge is 0.352 e. The Bertz CT molecular complexity index is 1340. The number of likely N-dealkylation sites (N-methyl/N-ethyl adjacent to an activating group) is 2. The van der Waals surface area contributed by atoms with Crippen molar-refractivity contribution in [1.29, 1.82) is 0 Å². The van der Waals surface area contributed by atoms with Crippen LogP contribution in [0.15, 0.2) is 71.9 Å². The topological polar surface area (TPSA) is 85.7 Å². The summed E-state index contributed by atoms with van der Waals surface area (Å²) in [6.45, 7) is 10.5. The highest BCUT2D eigenvalue weighted by Gasteiger charge is 2.15. The van der Waals surface area contributed by atoms with Gasteiger partial charge in [0.15, 0.2) is 5.65 Å². The first kappa shape index (κ1) is 24.2. The number of rotatable bonds is 10. The van der Waals surface area contributed by atoms with Crippen LogP contribution in [-0.2, 0) is 0 Å². The number of benzene rings is 1. The molecule has 182 valence electrons. The van der Waals surface area contributed by atoms with Crippen molar-refractivity contribution in [1.82, 2.24) is 24.2 Å². The number of H-pyrrole nitrogens is 1. The van der Waals surface area contributed by atoms with Crippen molar-refractivity contribution in [2.75, 3.05) is 38.0 Å². The third-order valence-corrected chi connectivity index (χ3v) is 6.28. The number of imidazole rings is 1. The van der Waals surface area contributed by atoms with Crippen LogP contribution in [0.3, 0.4) is 0 Å². The van der Waals surface area contributed by atoms with Gasteiger partial charge in [0.1, 0.15) is 0 Å². The molecule has 0 atom stereocenters. The lowest BCUT2D eigenvalue weighted by molar-refractivity contribution is 0.0747. The van der Waals surface area contributed by atoms with Crippen LogP contribution in [-0.4, -0.2) is 62.8 Å². The Morgan fingerprint density at radius 3 is 2.46 bits per heavy atom. The zero-order valence-corrected chi connectivity index (χ0v) is 20.5. The molecule has 1 amide bonds. The summed E-state index contributed by atoms with van der Waals surface area (Å²) in [5.74, 6) is 0.0454. The minimum absolute atomic E-state index is 0.0454. The summed E-state index contributed by atoms with van der Waals surface area (Å²) < 4.78 is 1.95. The first-order chi connectivity index (χ1) is 17.0. The summed E-state index contributed by atoms with van der Waals surface area (Å²) >= 11 is 0. The fourth-order valence-corrected chi connectivity index (χ4v) is 4.19. The molecule has 0 aliphatic heterocycles. The minimum atomic E-state index is -0.151. The van der Waals surface area contributed by atoms with Crippen molar-refractivity contribution in [2.24, 2.45) is 0 Å². The molecule has 0 bridgehead atoms. The van der Waals surface area contributed by atoms with Crippen molar-refractivity contribution in [3.05, 3.63) is 83.0 Å². The lowest BCUT2D eigenvalue weighted by atomic mass is 10.1. The van der Waals surface area contributed by atoms with Gasteiger partial charge in [-0.1, -0.05) is 13.8 Å². The van der Waals surface area contributed by atoms with Gasteiger partial charge in [0, 0.05) is 61.1 Å². The van der Waals surface area contributed by atoms with E-state index in [-0.39, 0.29) is 11.5 Å². The molecule has 0 saturated heterocycles. The Morgan fingerprint density at radius 1 is 1.00 bits per heavy atom. The highest BCUT2D eigenvalue weighted by atomic mass is 16.2. The monoisotopic (exact) mass is 472 g/mol. The number of hydrogen-bond acceptors (Lipinski definition) is 5. The van der Waals surface area contributed by atoms with Gasteiger partial charge in [-0.2, -0.15) is 0 Å². The number of carbonyl (C=O) groups excluding carboxylic acids is 1. The summed E-state index contributed by atoms with van der Waals surface area (Å²) in [6, 6.07) is 14.9. The molecule has 0 aliphatic rings. The molecule has 0 fully saturated rings. The van der Waals surface area contributed by atoms with E-state index >= 15 is 0 Å². The predicted molar refractivity (Wildman–Crippen MR) is 140 cm³/mol. The lowest BCUT2D eigenvalue weighted by Crippen LogP contribution is -2.38. The summed E-state index contributed by atoms with van der Waals surface area (Å²) in [5.41, 5.74) is 4.65. The van der Waals surface area contributed by atoms with Crippen LogP contribution in [0.5, 0.6) is 0 Å². The van der Waals surface area contributed by atoms with E-state index in [0.717, 1.165) is 47.9 Å².